The largest absolute Gasteiger partial charge is 0.441 e. The number of nitrogens with one attached hydrogen (secondary N) is 1. The number of carbonyl (C=O) groups excluding carboxylic acids is 1. The molecular formula is C12H11ClN2O4S. The number of amides is 1. The van der Waals surface area contributed by atoms with Crippen LogP contribution in [0.5, 0.6) is 0 Å². The fourth-order valence-corrected chi connectivity index (χ4v) is 2.10. The lowest BCUT2D eigenvalue weighted by Gasteiger charge is -1.98. The predicted octanol–water partition coefficient (Wildman–Crippen LogP) is 1.99. The standard InChI is InChI=1S/C12H11ClN2O4S/c1-7-10(11(16)15-20(2,17)18)14-12(19-7)8-3-5-9(13)6-4-8/h3-6H,1-2H3,(H,15,16). The highest BCUT2D eigenvalue weighted by Gasteiger charge is 2.20. The van der Waals surface area contributed by atoms with Crippen LogP contribution < -0.4 is 4.72 Å². The molecule has 0 aliphatic heterocycles. The molecule has 1 amide bonds. The van der Waals surface area contributed by atoms with Crippen LogP contribution in [0.25, 0.3) is 11.5 Å². The van der Waals surface area contributed by atoms with E-state index in [1.807, 2.05) is 4.72 Å². The van der Waals surface area contributed by atoms with E-state index in [2.05, 4.69) is 4.98 Å². The summed E-state index contributed by atoms with van der Waals surface area (Å²) in [5.41, 5.74) is 0.566. The number of aryl methyl sites for hydroxylation is 1. The third kappa shape index (κ3) is 3.37. The summed E-state index contributed by atoms with van der Waals surface area (Å²) >= 11 is 5.78. The Morgan fingerprint density at radius 3 is 2.45 bits per heavy atom. The molecular weight excluding hydrogens is 304 g/mol. The molecule has 0 atom stereocenters. The third-order valence-corrected chi connectivity index (χ3v) is 3.19. The van der Waals surface area contributed by atoms with Gasteiger partial charge in [0.1, 0.15) is 5.76 Å². The average Bonchev–Trinajstić information content (AvgIpc) is 2.70. The van der Waals surface area contributed by atoms with Crippen molar-refractivity contribution in [3.63, 3.8) is 0 Å². The molecule has 0 fully saturated rings. The van der Waals surface area contributed by atoms with Crippen LogP contribution in [0.2, 0.25) is 5.02 Å². The van der Waals surface area contributed by atoms with Gasteiger partial charge in [0, 0.05) is 10.6 Å². The minimum Gasteiger partial charge on any atom is -0.441 e. The molecule has 1 N–H and O–H groups in total. The van der Waals surface area contributed by atoms with Gasteiger partial charge < -0.3 is 4.42 Å². The Labute approximate surface area is 120 Å². The molecule has 106 valence electrons. The van der Waals surface area contributed by atoms with Crippen LogP contribution in [-0.4, -0.2) is 25.6 Å². The van der Waals surface area contributed by atoms with Crippen molar-refractivity contribution in [2.24, 2.45) is 0 Å². The lowest BCUT2D eigenvalue weighted by atomic mass is 10.2. The molecule has 0 unspecified atom stereocenters. The van der Waals surface area contributed by atoms with Crippen molar-refractivity contribution in [1.29, 1.82) is 0 Å². The van der Waals surface area contributed by atoms with Gasteiger partial charge in [0.2, 0.25) is 15.9 Å². The highest BCUT2D eigenvalue weighted by atomic mass is 35.5. The summed E-state index contributed by atoms with van der Waals surface area (Å²) < 4.78 is 29.3. The Hall–Kier alpha value is -1.86. The number of oxazole rings is 1. The number of sulfonamides is 1. The highest BCUT2D eigenvalue weighted by molar-refractivity contribution is 7.89. The number of hydrogen-bond acceptors (Lipinski definition) is 5. The first kappa shape index (κ1) is 14.5. The van der Waals surface area contributed by atoms with Gasteiger partial charge in [0.15, 0.2) is 5.69 Å². The maximum absolute atomic E-state index is 11.7. The van der Waals surface area contributed by atoms with Crippen LogP contribution >= 0.6 is 11.6 Å². The molecule has 1 aromatic heterocycles. The van der Waals surface area contributed by atoms with Gasteiger partial charge in [-0.15, -0.1) is 0 Å². The van der Waals surface area contributed by atoms with Crippen molar-refractivity contribution >= 4 is 27.5 Å². The molecule has 0 saturated heterocycles. The Balaban J connectivity index is 2.34. The highest BCUT2D eigenvalue weighted by Crippen LogP contribution is 2.23. The fraction of sp³-hybridized carbons (Fsp3) is 0.167. The van der Waals surface area contributed by atoms with E-state index >= 15 is 0 Å². The Morgan fingerprint density at radius 2 is 1.90 bits per heavy atom. The molecule has 0 saturated carbocycles. The van der Waals surface area contributed by atoms with Crippen LogP contribution in [0.4, 0.5) is 0 Å². The van der Waals surface area contributed by atoms with Crippen molar-refractivity contribution in [2.75, 3.05) is 6.26 Å². The first-order valence-corrected chi connectivity index (χ1v) is 7.79. The second-order valence-electron chi connectivity index (χ2n) is 4.13. The normalized spacial score (nSPS) is 11.3. The van der Waals surface area contributed by atoms with Crippen LogP contribution in [0.3, 0.4) is 0 Å². The Morgan fingerprint density at radius 1 is 1.30 bits per heavy atom. The van der Waals surface area contributed by atoms with Gasteiger partial charge in [-0.3, -0.25) is 4.79 Å². The Kier molecular flexibility index (Phi) is 3.82. The summed E-state index contributed by atoms with van der Waals surface area (Å²) in [6.45, 7) is 1.53. The number of benzene rings is 1. The maximum Gasteiger partial charge on any atom is 0.286 e. The van der Waals surface area contributed by atoms with Crippen LogP contribution in [0, 0.1) is 6.92 Å². The molecule has 1 heterocycles. The summed E-state index contributed by atoms with van der Waals surface area (Å²) in [5.74, 6) is -0.372. The van der Waals surface area contributed by atoms with Crippen molar-refractivity contribution in [3.8, 4) is 11.5 Å². The second-order valence-corrected chi connectivity index (χ2v) is 6.32. The van der Waals surface area contributed by atoms with Crippen LogP contribution in [0.1, 0.15) is 16.2 Å². The summed E-state index contributed by atoms with van der Waals surface area (Å²) in [6, 6.07) is 6.69. The van der Waals surface area contributed by atoms with Gasteiger partial charge in [-0.25, -0.2) is 18.1 Å². The van der Waals surface area contributed by atoms with E-state index in [1.54, 1.807) is 24.3 Å². The number of halogens is 1. The second kappa shape index (κ2) is 5.26. The minimum absolute atomic E-state index is 0.0691. The van der Waals surface area contributed by atoms with E-state index < -0.39 is 15.9 Å². The maximum atomic E-state index is 11.7. The molecule has 0 aliphatic rings. The molecule has 20 heavy (non-hydrogen) atoms. The first-order chi connectivity index (χ1) is 9.26. The molecule has 1 aromatic carbocycles. The number of rotatable bonds is 3. The fourth-order valence-electron chi connectivity index (χ4n) is 1.54. The predicted molar refractivity (Wildman–Crippen MR) is 74.0 cm³/mol. The summed E-state index contributed by atoms with van der Waals surface area (Å²) in [5, 5.41) is 0.562. The van der Waals surface area contributed by atoms with E-state index in [0.717, 1.165) is 6.26 Å². The van der Waals surface area contributed by atoms with Crippen molar-refractivity contribution in [1.82, 2.24) is 9.71 Å². The summed E-state index contributed by atoms with van der Waals surface area (Å²) in [4.78, 5) is 15.8. The van der Waals surface area contributed by atoms with E-state index in [9.17, 15) is 13.2 Å². The van der Waals surface area contributed by atoms with Crippen molar-refractivity contribution in [2.45, 2.75) is 6.92 Å². The SMILES string of the molecule is Cc1oc(-c2ccc(Cl)cc2)nc1C(=O)NS(C)(=O)=O. The van der Waals surface area contributed by atoms with Gasteiger partial charge in [-0.2, -0.15) is 0 Å². The zero-order chi connectivity index (χ0) is 14.9. The summed E-state index contributed by atoms with van der Waals surface area (Å²) in [7, 11) is -3.65. The zero-order valence-electron chi connectivity index (χ0n) is 10.7. The van der Waals surface area contributed by atoms with Crippen LogP contribution in [-0.2, 0) is 10.0 Å². The quantitative estimate of drug-likeness (QED) is 0.935. The van der Waals surface area contributed by atoms with Crippen molar-refractivity contribution < 1.29 is 17.6 Å². The monoisotopic (exact) mass is 314 g/mol. The van der Waals surface area contributed by atoms with Gasteiger partial charge in [-0.1, -0.05) is 11.6 Å². The molecule has 8 heteroatoms. The van der Waals surface area contributed by atoms with Crippen molar-refractivity contribution in [3.05, 3.63) is 40.7 Å². The molecule has 0 spiro atoms. The average molecular weight is 315 g/mol. The first-order valence-electron chi connectivity index (χ1n) is 5.52. The van der Waals surface area contributed by atoms with E-state index in [4.69, 9.17) is 16.0 Å². The molecule has 0 radical (unpaired) electrons. The molecule has 2 aromatic rings. The van der Waals surface area contributed by atoms with Gasteiger partial charge >= 0.3 is 0 Å². The summed E-state index contributed by atoms with van der Waals surface area (Å²) in [6.07, 6.45) is 0.889. The number of nitrogens with zero attached hydrogens (tertiary/aromatic N) is 1. The lowest BCUT2D eigenvalue weighted by molar-refractivity contribution is 0.0976. The zero-order valence-corrected chi connectivity index (χ0v) is 12.2. The Bertz CT molecular complexity index is 750. The third-order valence-electron chi connectivity index (χ3n) is 2.38. The van der Waals surface area contributed by atoms with Gasteiger partial charge in [0.25, 0.3) is 5.91 Å². The van der Waals surface area contributed by atoms with Gasteiger partial charge in [-0.05, 0) is 31.2 Å². The van der Waals surface area contributed by atoms with E-state index in [0.29, 0.717) is 10.6 Å². The lowest BCUT2D eigenvalue weighted by Crippen LogP contribution is -2.30. The molecule has 0 aliphatic carbocycles. The van der Waals surface area contributed by atoms with Crippen LogP contribution in [0.15, 0.2) is 28.7 Å². The molecule has 0 bridgehead atoms. The smallest absolute Gasteiger partial charge is 0.286 e. The number of aromatic nitrogens is 1. The minimum atomic E-state index is -3.65. The van der Waals surface area contributed by atoms with Gasteiger partial charge in [0.05, 0.1) is 6.26 Å². The molecule has 2 rings (SSSR count). The van der Waals surface area contributed by atoms with E-state index in [1.165, 1.54) is 6.92 Å². The number of hydrogen-bond donors (Lipinski definition) is 1. The van der Waals surface area contributed by atoms with E-state index in [-0.39, 0.29) is 17.3 Å². The topological polar surface area (TPSA) is 89.3 Å². The molecule has 6 nitrogen and oxygen atoms in total. The number of carbonyl (C=O) groups is 1.